The van der Waals surface area contributed by atoms with Crippen LogP contribution in [0.4, 0.5) is 0 Å². The quantitative estimate of drug-likeness (QED) is 0.602. The lowest BCUT2D eigenvalue weighted by molar-refractivity contribution is 0.419. The Morgan fingerprint density at radius 1 is 1.60 bits per heavy atom. The molecule has 0 unspecified atom stereocenters. The average molecular weight is 254 g/mol. The van der Waals surface area contributed by atoms with Crippen molar-refractivity contribution in [1.82, 2.24) is 8.43 Å². The molecule has 3 heteroatoms. The van der Waals surface area contributed by atoms with Crippen molar-refractivity contribution >= 4 is 22.9 Å². The molecule has 0 aromatic carbocycles. The van der Waals surface area contributed by atoms with Gasteiger partial charge in [-0.1, -0.05) is 6.92 Å². The normalized spacial score (nSPS) is 21.6. The number of hydrogen-bond donors (Lipinski definition) is 1. The predicted octanol–water partition coefficient (Wildman–Crippen LogP) is 1.41. The van der Waals surface area contributed by atoms with Crippen molar-refractivity contribution in [3.63, 3.8) is 0 Å². The van der Waals surface area contributed by atoms with Gasteiger partial charge in [0.15, 0.2) is 0 Å². The van der Waals surface area contributed by atoms with Crippen molar-refractivity contribution in [2.75, 3.05) is 20.1 Å². The molecule has 0 aromatic rings. The van der Waals surface area contributed by atoms with Crippen LogP contribution in [-0.2, 0) is 0 Å². The van der Waals surface area contributed by atoms with Gasteiger partial charge in [-0.15, -0.1) is 0 Å². The van der Waals surface area contributed by atoms with Crippen LogP contribution >= 0.6 is 22.9 Å². The van der Waals surface area contributed by atoms with Gasteiger partial charge in [-0.2, -0.15) is 0 Å². The van der Waals surface area contributed by atoms with E-state index >= 15 is 0 Å². The van der Waals surface area contributed by atoms with Crippen LogP contribution in [0.25, 0.3) is 0 Å². The number of halogens is 1. The topological polar surface area (TPSA) is 15.3 Å². The van der Waals surface area contributed by atoms with E-state index in [0.29, 0.717) is 5.54 Å². The molecule has 0 spiro atoms. The highest BCUT2D eigenvalue weighted by Gasteiger charge is 2.41. The Balaban J connectivity index is 2.23. The van der Waals surface area contributed by atoms with E-state index in [-0.39, 0.29) is 0 Å². The number of rotatable bonds is 4. The first-order valence-electron chi connectivity index (χ1n) is 3.82. The molecular weight excluding hydrogens is 239 g/mol. The van der Waals surface area contributed by atoms with Crippen LogP contribution in [0, 0.1) is 0 Å². The summed E-state index contributed by atoms with van der Waals surface area (Å²) in [5.74, 6) is 0. The molecule has 0 radical (unpaired) electrons. The minimum Gasteiger partial charge on any atom is -0.313 e. The number of nitrogens with zero attached hydrogens (tertiary/aromatic N) is 1. The largest absolute Gasteiger partial charge is 0.313 e. The maximum atomic E-state index is 3.37. The third-order valence-corrected chi connectivity index (χ3v) is 3.22. The van der Waals surface area contributed by atoms with E-state index in [1.165, 1.54) is 19.4 Å². The highest BCUT2D eigenvalue weighted by Crippen LogP contribution is 2.36. The highest BCUT2D eigenvalue weighted by atomic mass is 127. The second kappa shape index (κ2) is 3.36. The first kappa shape index (κ1) is 8.74. The van der Waals surface area contributed by atoms with E-state index in [1.807, 2.05) is 0 Å². The summed E-state index contributed by atoms with van der Waals surface area (Å²) < 4.78 is 2.33. The molecule has 0 amide bonds. The average Bonchev–Trinajstić information content (AvgIpc) is 2.70. The van der Waals surface area contributed by atoms with Crippen molar-refractivity contribution in [2.24, 2.45) is 0 Å². The fourth-order valence-electron chi connectivity index (χ4n) is 1.08. The zero-order valence-electron chi connectivity index (χ0n) is 6.65. The van der Waals surface area contributed by atoms with Gasteiger partial charge >= 0.3 is 0 Å². The number of hydrogen-bond acceptors (Lipinski definition) is 2. The van der Waals surface area contributed by atoms with E-state index in [0.717, 1.165) is 6.54 Å². The molecule has 0 saturated heterocycles. The van der Waals surface area contributed by atoms with Gasteiger partial charge in [0.1, 0.15) is 0 Å². The van der Waals surface area contributed by atoms with E-state index < -0.39 is 0 Å². The van der Waals surface area contributed by atoms with Crippen molar-refractivity contribution < 1.29 is 0 Å². The maximum Gasteiger partial charge on any atom is 0.0315 e. The molecule has 1 saturated carbocycles. The Hall–Kier alpha value is 0.650. The lowest BCUT2D eigenvalue weighted by Gasteiger charge is -2.19. The summed E-state index contributed by atoms with van der Waals surface area (Å²) in [6.07, 6.45) is 2.70. The van der Waals surface area contributed by atoms with Crippen LogP contribution in [0.3, 0.4) is 0 Å². The molecule has 0 aromatic heterocycles. The summed E-state index contributed by atoms with van der Waals surface area (Å²) in [7, 11) is 2.06. The predicted molar refractivity (Wildman–Crippen MR) is 52.3 cm³/mol. The minimum absolute atomic E-state index is 0.483. The van der Waals surface area contributed by atoms with Crippen LogP contribution in [0.2, 0.25) is 0 Å². The summed E-state index contributed by atoms with van der Waals surface area (Å²) in [4.78, 5) is 0. The summed E-state index contributed by atoms with van der Waals surface area (Å²) >= 11 is 2.39. The summed E-state index contributed by atoms with van der Waals surface area (Å²) in [5.41, 5.74) is 0.483. The Kier molecular flexibility index (Phi) is 2.94. The second-order valence-corrected chi connectivity index (χ2v) is 4.33. The molecular formula is C7H15IN2. The SMILES string of the molecule is CCN(I)CC1(NC)CC1. The van der Waals surface area contributed by atoms with Crippen molar-refractivity contribution in [1.29, 1.82) is 0 Å². The molecule has 1 aliphatic carbocycles. The smallest absolute Gasteiger partial charge is 0.0315 e. The van der Waals surface area contributed by atoms with Gasteiger partial charge in [-0.25, -0.2) is 3.11 Å². The first-order valence-corrected chi connectivity index (χ1v) is 4.78. The fourth-order valence-corrected chi connectivity index (χ4v) is 1.73. The van der Waals surface area contributed by atoms with Crippen molar-refractivity contribution in [3.05, 3.63) is 0 Å². The van der Waals surface area contributed by atoms with E-state index in [4.69, 9.17) is 0 Å². The lowest BCUT2D eigenvalue weighted by atomic mass is 10.3. The van der Waals surface area contributed by atoms with E-state index in [9.17, 15) is 0 Å². The van der Waals surface area contributed by atoms with Gasteiger partial charge in [0.25, 0.3) is 0 Å². The highest BCUT2D eigenvalue weighted by molar-refractivity contribution is 14.1. The third kappa shape index (κ3) is 2.07. The van der Waals surface area contributed by atoms with E-state index in [2.05, 4.69) is 45.3 Å². The molecule has 0 aliphatic heterocycles. The van der Waals surface area contributed by atoms with Gasteiger partial charge in [-0.3, -0.25) is 0 Å². The van der Waals surface area contributed by atoms with Gasteiger partial charge < -0.3 is 5.32 Å². The second-order valence-electron chi connectivity index (χ2n) is 2.97. The zero-order chi connectivity index (χ0) is 7.61. The van der Waals surface area contributed by atoms with Gasteiger partial charge in [0.05, 0.1) is 0 Å². The summed E-state index contributed by atoms with van der Waals surface area (Å²) in [5, 5.41) is 3.37. The van der Waals surface area contributed by atoms with Crippen LogP contribution in [0.1, 0.15) is 19.8 Å². The van der Waals surface area contributed by atoms with Crippen molar-refractivity contribution in [2.45, 2.75) is 25.3 Å². The number of likely N-dealkylation sites (N-methyl/N-ethyl adjacent to an activating group) is 2. The Labute approximate surface area is 76.9 Å². The minimum atomic E-state index is 0.483. The molecule has 0 bridgehead atoms. The Bertz CT molecular complexity index is 112. The summed E-state index contributed by atoms with van der Waals surface area (Å²) in [6, 6.07) is 0. The van der Waals surface area contributed by atoms with Gasteiger partial charge in [-0.05, 0) is 19.9 Å². The first-order chi connectivity index (χ1) is 4.72. The molecule has 10 heavy (non-hydrogen) atoms. The van der Waals surface area contributed by atoms with Gasteiger partial charge in [0.2, 0.25) is 0 Å². The zero-order valence-corrected chi connectivity index (χ0v) is 8.81. The molecule has 1 rings (SSSR count). The molecule has 0 heterocycles. The van der Waals surface area contributed by atoms with E-state index in [1.54, 1.807) is 0 Å². The lowest BCUT2D eigenvalue weighted by Crippen LogP contribution is -2.37. The molecule has 1 aliphatic rings. The standard InChI is InChI=1S/C7H15IN2/c1-3-10(8)6-7(9-2)4-5-7/h9H,3-6H2,1-2H3. The molecule has 1 N–H and O–H groups in total. The molecule has 0 atom stereocenters. The summed E-state index contributed by atoms with van der Waals surface area (Å²) in [6.45, 7) is 4.53. The van der Waals surface area contributed by atoms with Crippen LogP contribution in [0.5, 0.6) is 0 Å². The monoisotopic (exact) mass is 254 g/mol. The Morgan fingerprint density at radius 3 is 2.50 bits per heavy atom. The third-order valence-electron chi connectivity index (χ3n) is 2.20. The number of nitrogens with one attached hydrogen (secondary N) is 1. The van der Waals surface area contributed by atoms with Crippen LogP contribution in [0.15, 0.2) is 0 Å². The van der Waals surface area contributed by atoms with Crippen LogP contribution in [-0.4, -0.2) is 28.8 Å². The maximum absolute atomic E-state index is 3.37. The van der Waals surface area contributed by atoms with Gasteiger partial charge in [0, 0.05) is 41.5 Å². The molecule has 60 valence electrons. The Morgan fingerprint density at radius 2 is 2.20 bits per heavy atom. The van der Waals surface area contributed by atoms with Crippen LogP contribution < -0.4 is 5.32 Å². The van der Waals surface area contributed by atoms with Crippen molar-refractivity contribution in [3.8, 4) is 0 Å². The molecule has 1 fully saturated rings. The molecule has 2 nitrogen and oxygen atoms in total. The fraction of sp³-hybridized carbons (Fsp3) is 1.00.